The number of hydrogen-bond donors (Lipinski definition) is 1. The van der Waals surface area contributed by atoms with Crippen molar-refractivity contribution in [2.75, 3.05) is 13.6 Å². The molecule has 0 bridgehead atoms. The summed E-state index contributed by atoms with van der Waals surface area (Å²) in [5.74, 6) is 0.530. The van der Waals surface area contributed by atoms with Crippen molar-refractivity contribution in [3.8, 4) is 0 Å². The second kappa shape index (κ2) is 4.61. The fourth-order valence-electron chi connectivity index (χ4n) is 2.40. The van der Waals surface area contributed by atoms with Crippen LogP contribution in [0.1, 0.15) is 37.4 Å². The van der Waals surface area contributed by atoms with Crippen LogP contribution in [-0.2, 0) is 16.6 Å². The summed E-state index contributed by atoms with van der Waals surface area (Å²) >= 11 is 0. The topological polar surface area (TPSA) is 62.5 Å². The zero-order chi connectivity index (χ0) is 13.6. The van der Waals surface area contributed by atoms with Gasteiger partial charge >= 0.3 is 0 Å². The molecule has 0 atom stereocenters. The van der Waals surface area contributed by atoms with Gasteiger partial charge in [-0.05, 0) is 37.7 Å². The Balaban J connectivity index is 1.86. The molecule has 1 heterocycles. The first-order valence-corrected chi connectivity index (χ1v) is 8.24. The molecule has 0 unspecified atom stereocenters. The van der Waals surface area contributed by atoms with Crippen LogP contribution in [0.3, 0.4) is 0 Å². The molecule has 0 aliphatic heterocycles. The predicted molar refractivity (Wildman–Crippen MR) is 71.2 cm³/mol. The van der Waals surface area contributed by atoms with E-state index < -0.39 is 10.0 Å². The zero-order valence-corrected chi connectivity index (χ0v) is 11.9. The summed E-state index contributed by atoms with van der Waals surface area (Å²) in [5.41, 5.74) is 0.695. The Morgan fingerprint density at radius 3 is 2.58 bits per heavy atom. The number of nitrogens with zero attached hydrogens (tertiary/aromatic N) is 2. The molecule has 0 aromatic carbocycles. The summed E-state index contributed by atoms with van der Waals surface area (Å²) in [5, 5.41) is 9.34. The molecule has 1 N–H and O–H groups in total. The first kappa shape index (κ1) is 13.1. The molecule has 2 aliphatic carbocycles. The number of hydrogen-bond acceptors (Lipinski definition) is 3. The quantitative estimate of drug-likeness (QED) is 0.857. The van der Waals surface area contributed by atoms with Gasteiger partial charge < -0.3 is 9.67 Å². The maximum atomic E-state index is 12.5. The van der Waals surface area contributed by atoms with E-state index in [-0.39, 0.29) is 6.61 Å². The summed E-state index contributed by atoms with van der Waals surface area (Å²) in [4.78, 5) is 0.312. The van der Waals surface area contributed by atoms with Crippen molar-refractivity contribution in [2.45, 2.75) is 43.2 Å². The summed E-state index contributed by atoms with van der Waals surface area (Å²) in [6.07, 6.45) is 6.08. The fraction of sp³-hybridized carbons (Fsp3) is 0.692. The highest BCUT2D eigenvalue weighted by Gasteiger charge is 2.32. The molecule has 6 heteroatoms. The van der Waals surface area contributed by atoms with Gasteiger partial charge in [0.25, 0.3) is 0 Å². The molecule has 19 heavy (non-hydrogen) atoms. The summed E-state index contributed by atoms with van der Waals surface area (Å²) < 4.78 is 28.3. The lowest BCUT2D eigenvalue weighted by atomic mass is 10.4. The molecule has 0 spiro atoms. The molecule has 2 saturated carbocycles. The Labute approximate surface area is 113 Å². The van der Waals surface area contributed by atoms with E-state index in [1.165, 1.54) is 4.31 Å². The maximum Gasteiger partial charge on any atom is 0.244 e. The van der Waals surface area contributed by atoms with Gasteiger partial charge in [0.2, 0.25) is 10.0 Å². The standard InChI is InChI=1S/C13H20N2O3S/c1-14(7-10-2-3-10)19(17,18)13-6-12(9-16)15(8-13)11-4-5-11/h6,8,10-11,16H,2-5,7,9H2,1H3. The van der Waals surface area contributed by atoms with Gasteiger partial charge in [0.15, 0.2) is 0 Å². The number of aromatic nitrogens is 1. The minimum absolute atomic E-state index is 0.113. The lowest BCUT2D eigenvalue weighted by molar-refractivity contribution is 0.270. The molecular weight excluding hydrogens is 264 g/mol. The predicted octanol–water partition coefficient (Wildman–Crippen LogP) is 1.35. The third-order valence-electron chi connectivity index (χ3n) is 3.93. The van der Waals surface area contributed by atoms with Crippen LogP contribution in [0.2, 0.25) is 0 Å². The molecule has 2 fully saturated rings. The van der Waals surface area contributed by atoms with Crippen LogP contribution in [0, 0.1) is 5.92 Å². The van der Waals surface area contributed by atoms with Gasteiger partial charge in [0, 0.05) is 31.5 Å². The van der Waals surface area contributed by atoms with E-state index in [0.29, 0.717) is 29.1 Å². The van der Waals surface area contributed by atoms with E-state index in [1.807, 2.05) is 4.57 Å². The average molecular weight is 284 g/mol. The van der Waals surface area contributed by atoms with Crippen molar-refractivity contribution >= 4 is 10.0 Å². The highest BCUT2D eigenvalue weighted by atomic mass is 32.2. The first-order chi connectivity index (χ1) is 9.02. The van der Waals surface area contributed by atoms with Crippen LogP contribution in [0.25, 0.3) is 0 Å². The van der Waals surface area contributed by atoms with Crippen molar-refractivity contribution in [1.82, 2.24) is 8.87 Å². The second-order valence-corrected chi connectivity index (χ2v) is 7.74. The van der Waals surface area contributed by atoms with E-state index in [4.69, 9.17) is 0 Å². The normalized spacial score (nSPS) is 20.2. The monoisotopic (exact) mass is 284 g/mol. The highest BCUT2D eigenvalue weighted by molar-refractivity contribution is 7.89. The first-order valence-electron chi connectivity index (χ1n) is 6.80. The molecule has 0 amide bonds. The third-order valence-corrected chi connectivity index (χ3v) is 5.72. The average Bonchev–Trinajstić information content (AvgIpc) is 3.29. The Morgan fingerprint density at radius 1 is 1.37 bits per heavy atom. The maximum absolute atomic E-state index is 12.5. The molecule has 0 saturated heterocycles. The minimum Gasteiger partial charge on any atom is -0.390 e. The molecule has 1 aromatic rings. The molecule has 0 radical (unpaired) electrons. The van der Waals surface area contributed by atoms with E-state index in [2.05, 4.69) is 0 Å². The SMILES string of the molecule is CN(CC1CC1)S(=O)(=O)c1cc(CO)n(C2CC2)c1. The van der Waals surface area contributed by atoms with Crippen molar-refractivity contribution < 1.29 is 13.5 Å². The van der Waals surface area contributed by atoms with Gasteiger partial charge in [-0.15, -0.1) is 0 Å². The van der Waals surface area contributed by atoms with Crippen molar-refractivity contribution in [3.05, 3.63) is 18.0 Å². The van der Waals surface area contributed by atoms with Crippen LogP contribution < -0.4 is 0 Å². The van der Waals surface area contributed by atoms with Gasteiger partial charge in [-0.25, -0.2) is 12.7 Å². The van der Waals surface area contributed by atoms with Gasteiger partial charge in [-0.2, -0.15) is 0 Å². The summed E-state index contributed by atoms with van der Waals surface area (Å²) in [7, 11) is -1.77. The fourth-order valence-corrected chi connectivity index (χ4v) is 3.70. The van der Waals surface area contributed by atoms with E-state index in [9.17, 15) is 13.5 Å². The van der Waals surface area contributed by atoms with Gasteiger partial charge in [-0.1, -0.05) is 0 Å². The van der Waals surface area contributed by atoms with Crippen LogP contribution in [0.5, 0.6) is 0 Å². The minimum atomic E-state index is -3.41. The summed E-state index contributed by atoms with van der Waals surface area (Å²) in [6.45, 7) is 0.490. The molecule has 2 aliphatic rings. The lowest BCUT2D eigenvalue weighted by Gasteiger charge is -2.15. The Hall–Kier alpha value is -0.850. The van der Waals surface area contributed by atoms with E-state index in [1.54, 1.807) is 19.3 Å². The Kier molecular flexibility index (Phi) is 3.19. The van der Waals surface area contributed by atoms with Crippen molar-refractivity contribution in [1.29, 1.82) is 0 Å². The number of sulfonamides is 1. The zero-order valence-electron chi connectivity index (χ0n) is 11.1. The molecule has 5 nitrogen and oxygen atoms in total. The highest BCUT2D eigenvalue weighted by Crippen LogP contribution is 2.38. The van der Waals surface area contributed by atoms with Crippen LogP contribution in [0.4, 0.5) is 0 Å². The second-order valence-electron chi connectivity index (χ2n) is 5.69. The smallest absolute Gasteiger partial charge is 0.244 e. The van der Waals surface area contributed by atoms with Crippen LogP contribution >= 0.6 is 0 Å². The number of aliphatic hydroxyl groups is 1. The lowest BCUT2D eigenvalue weighted by Crippen LogP contribution is -2.28. The number of rotatable bonds is 6. The van der Waals surface area contributed by atoms with E-state index in [0.717, 1.165) is 25.7 Å². The summed E-state index contributed by atoms with van der Waals surface area (Å²) in [6, 6.07) is 1.98. The van der Waals surface area contributed by atoms with Crippen molar-refractivity contribution in [2.24, 2.45) is 5.92 Å². The molecule has 1 aromatic heterocycles. The molecule has 3 rings (SSSR count). The van der Waals surface area contributed by atoms with Gasteiger partial charge in [0.1, 0.15) is 4.90 Å². The van der Waals surface area contributed by atoms with Gasteiger partial charge in [0.05, 0.1) is 6.61 Å². The van der Waals surface area contributed by atoms with Gasteiger partial charge in [-0.3, -0.25) is 0 Å². The largest absolute Gasteiger partial charge is 0.390 e. The number of aliphatic hydroxyl groups excluding tert-OH is 1. The van der Waals surface area contributed by atoms with Crippen LogP contribution in [-0.4, -0.2) is 36.0 Å². The van der Waals surface area contributed by atoms with E-state index >= 15 is 0 Å². The molecule has 106 valence electrons. The molecular formula is C13H20N2O3S. The van der Waals surface area contributed by atoms with Crippen molar-refractivity contribution in [3.63, 3.8) is 0 Å². The third kappa shape index (κ3) is 2.57. The van der Waals surface area contributed by atoms with Crippen LogP contribution in [0.15, 0.2) is 17.2 Å². The Morgan fingerprint density at radius 2 is 2.05 bits per heavy atom. The Bertz CT molecular complexity index is 571.